The van der Waals surface area contributed by atoms with E-state index in [-0.39, 0.29) is 5.82 Å². The van der Waals surface area contributed by atoms with E-state index >= 15 is 0 Å². The van der Waals surface area contributed by atoms with E-state index in [0.717, 1.165) is 38.3 Å². The van der Waals surface area contributed by atoms with Gasteiger partial charge in [-0.15, -0.1) is 0 Å². The molecule has 1 unspecified atom stereocenters. The molecule has 2 rings (SSSR count). The molecular formula is C16H25FN2. The van der Waals surface area contributed by atoms with Gasteiger partial charge in [0.05, 0.1) is 0 Å². The highest BCUT2D eigenvalue weighted by Gasteiger charge is 2.20. The fourth-order valence-corrected chi connectivity index (χ4v) is 2.81. The van der Waals surface area contributed by atoms with Crippen LogP contribution in [-0.2, 0) is 6.54 Å². The molecule has 0 saturated carbocycles. The summed E-state index contributed by atoms with van der Waals surface area (Å²) >= 11 is 0. The van der Waals surface area contributed by atoms with E-state index in [1.165, 1.54) is 19.3 Å². The molecule has 0 aliphatic carbocycles. The predicted molar refractivity (Wildman–Crippen MR) is 77.6 cm³/mol. The van der Waals surface area contributed by atoms with Crippen molar-refractivity contribution >= 4 is 0 Å². The van der Waals surface area contributed by atoms with E-state index in [1.54, 1.807) is 12.1 Å². The average Bonchev–Trinajstić information content (AvgIpc) is 2.42. The molecule has 106 valence electrons. The molecule has 1 fully saturated rings. The summed E-state index contributed by atoms with van der Waals surface area (Å²) in [7, 11) is 0. The number of benzene rings is 1. The minimum absolute atomic E-state index is 0.0752. The average molecular weight is 264 g/mol. The Kier molecular flexibility index (Phi) is 5.80. The van der Waals surface area contributed by atoms with Gasteiger partial charge < -0.3 is 5.32 Å². The summed E-state index contributed by atoms with van der Waals surface area (Å²) in [4.78, 5) is 2.39. The summed E-state index contributed by atoms with van der Waals surface area (Å²) < 4.78 is 13.7. The topological polar surface area (TPSA) is 15.3 Å². The van der Waals surface area contributed by atoms with Crippen molar-refractivity contribution in [1.29, 1.82) is 0 Å². The number of hydrogen-bond acceptors (Lipinski definition) is 2. The first-order valence-electron chi connectivity index (χ1n) is 7.46. The van der Waals surface area contributed by atoms with Crippen molar-refractivity contribution in [2.75, 3.05) is 26.2 Å². The van der Waals surface area contributed by atoms with Crippen LogP contribution in [0.5, 0.6) is 0 Å². The maximum absolute atomic E-state index is 13.7. The van der Waals surface area contributed by atoms with Crippen LogP contribution in [0.1, 0.15) is 31.7 Å². The highest BCUT2D eigenvalue weighted by Crippen LogP contribution is 2.19. The molecule has 1 aromatic carbocycles. The first-order valence-corrected chi connectivity index (χ1v) is 7.46. The maximum Gasteiger partial charge on any atom is 0.127 e. The third kappa shape index (κ3) is 4.59. The smallest absolute Gasteiger partial charge is 0.127 e. The molecule has 1 N–H and O–H groups in total. The quantitative estimate of drug-likeness (QED) is 0.795. The van der Waals surface area contributed by atoms with Gasteiger partial charge in [-0.2, -0.15) is 0 Å². The Morgan fingerprint density at radius 1 is 1.37 bits per heavy atom. The molecular weight excluding hydrogens is 239 g/mol. The zero-order valence-corrected chi connectivity index (χ0v) is 11.9. The second-order valence-electron chi connectivity index (χ2n) is 5.54. The third-order valence-electron chi connectivity index (χ3n) is 3.81. The van der Waals surface area contributed by atoms with E-state index in [4.69, 9.17) is 0 Å². The van der Waals surface area contributed by atoms with Gasteiger partial charge in [0.2, 0.25) is 0 Å². The largest absolute Gasteiger partial charge is 0.316 e. The Bertz CT molecular complexity index is 381. The SMILES string of the molecule is CCCNCC1CCCN(Cc2ccccc2F)C1. The lowest BCUT2D eigenvalue weighted by molar-refractivity contribution is 0.164. The molecule has 0 amide bonds. The summed E-state index contributed by atoms with van der Waals surface area (Å²) in [6, 6.07) is 7.13. The molecule has 2 nitrogen and oxygen atoms in total. The molecule has 1 heterocycles. The zero-order chi connectivity index (χ0) is 13.5. The highest BCUT2D eigenvalue weighted by molar-refractivity contribution is 5.17. The van der Waals surface area contributed by atoms with E-state index in [2.05, 4.69) is 17.1 Å². The van der Waals surface area contributed by atoms with E-state index in [0.29, 0.717) is 5.92 Å². The summed E-state index contributed by atoms with van der Waals surface area (Å²) in [5, 5.41) is 3.50. The van der Waals surface area contributed by atoms with Crippen molar-refractivity contribution in [1.82, 2.24) is 10.2 Å². The van der Waals surface area contributed by atoms with E-state index in [9.17, 15) is 4.39 Å². The van der Waals surface area contributed by atoms with E-state index in [1.807, 2.05) is 12.1 Å². The number of piperidine rings is 1. The van der Waals surface area contributed by atoms with Crippen LogP contribution in [0.4, 0.5) is 4.39 Å². The standard InChI is InChI=1S/C16H25FN2/c1-2-9-18-11-14-6-5-10-19(12-14)13-15-7-3-4-8-16(15)17/h3-4,7-8,14,18H,2,5-6,9-13H2,1H3. The van der Waals surface area contributed by atoms with Gasteiger partial charge in [-0.05, 0) is 50.9 Å². The molecule has 1 aliphatic heterocycles. The predicted octanol–water partition coefficient (Wildman–Crippen LogP) is 3.04. The van der Waals surface area contributed by atoms with Crippen LogP contribution >= 0.6 is 0 Å². The first-order chi connectivity index (χ1) is 9.29. The van der Waals surface area contributed by atoms with Crippen LogP contribution < -0.4 is 5.32 Å². The first kappa shape index (κ1) is 14.5. The van der Waals surface area contributed by atoms with Gasteiger partial charge in [0.15, 0.2) is 0 Å². The zero-order valence-electron chi connectivity index (χ0n) is 11.9. The molecule has 0 radical (unpaired) electrons. The second kappa shape index (κ2) is 7.61. The number of rotatable bonds is 6. The molecule has 1 aliphatic rings. The molecule has 3 heteroatoms. The Hall–Kier alpha value is -0.930. The van der Waals surface area contributed by atoms with Gasteiger partial charge in [0, 0.05) is 18.7 Å². The summed E-state index contributed by atoms with van der Waals surface area (Å²) in [5.41, 5.74) is 0.824. The van der Waals surface area contributed by atoms with Gasteiger partial charge in [0.25, 0.3) is 0 Å². The van der Waals surface area contributed by atoms with Gasteiger partial charge >= 0.3 is 0 Å². The van der Waals surface area contributed by atoms with Crippen LogP contribution in [0.15, 0.2) is 24.3 Å². The normalized spacial score (nSPS) is 20.6. The molecule has 19 heavy (non-hydrogen) atoms. The molecule has 0 bridgehead atoms. The van der Waals surface area contributed by atoms with Crippen molar-refractivity contribution in [2.45, 2.75) is 32.7 Å². The van der Waals surface area contributed by atoms with Crippen LogP contribution in [0.25, 0.3) is 0 Å². The third-order valence-corrected chi connectivity index (χ3v) is 3.81. The fraction of sp³-hybridized carbons (Fsp3) is 0.625. The fourth-order valence-electron chi connectivity index (χ4n) is 2.81. The monoisotopic (exact) mass is 264 g/mol. The van der Waals surface area contributed by atoms with Crippen molar-refractivity contribution in [3.63, 3.8) is 0 Å². The number of nitrogens with zero attached hydrogens (tertiary/aromatic N) is 1. The number of likely N-dealkylation sites (tertiary alicyclic amines) is 1. The van der Waals surface area contributed by atoms with E-state index < -0.39 is 0 Å². The van der Waals surface area contributed by atoms with Gasteiger partial charge in [-0.25, -0.2) is 4.39 Å². The Labute approximate surface area is 116 Å². The summed E-state index contributed by atoms with van der Waals surface area (Å²) in [6.07, 6.45) is 3.71. The minimum Gasteiger partial charge on any atom is -0.316 e. The lowest BCUT2D eigenvalue weighted by Gasteiger charge is -2.33. The molecule has 1 atom stereocenters. The lowest BCUT2D eigenvalue weighted by atomic mass is 9.97. The second-order valence-corrected chi connectivity index (χ2v) is 5.54. The summed E-state index contributed by atoms with van der Waals surface area (Å²) in [5.74, 6) is 0.640. The van der Waals surface area contributed by atoms with Crippen molar-refractivity contribution in [2.24, 2.45) is 5.92 Å². The van der Waals surface area contributed by atoms with Gasteiger partial charge in [0.1, 0.15) is 5.82 Å². The number of hydrogen-bond donors (Lipinski definition) is 1. The van der Waals surface area contributed by atoms with Crippen molar-refractivity contribution in [3.8, 4) is 0 Å². The highest BCUT2D eigenvalue weighted by atomic mass is 19.1. The molecule has 1 saturated heterocycles. The molecule has 0 spiro atoms. The maximum atomic E-state index is 13.7. The summed E-state index contributed by atoms with van der Waals surface area (Å²) in [6.45, 7) is 7.32. The Morgan fingerprint density at radius 3 is 3.00 bits per heavy atom. The van der Waals surface area contributed by atoms with Crippen molar-refractivity contribution in [3.05, 3.63) is 35.6 Å². The van der Waals surface area contributed by atoms with Gasteiger partial charge in [-0.3, -0.25) is 4.90 Å². The van der Waals surface area contributed by atoms with Crippen LogP contribution in [0, 0.1) is 11.7 Å². The molecule has 1 aromatic rings. The number of halogens is 1. The number of nitrogens with one attached hydrogen (secondary N) is 1. The lowest BCUT2D eigenvalue weighted by Crippen LogP contribution is -2.39. The van der Waals surface area contributed by atoms with Crippen LogP contribution in [-0.4, -0.2) is 31.1 Å². The van der Waals surface area contributed by atoms with Gasteiger partial charge in [-0.1, -0.05) is 25.1 Å². The Balaban J connectivity index is 1.82. The minimum atomic E-state index is -0.0752. The molecule has 0 aromatic heterocycles. The van der Waals surface area contributed by atoms with Crippen LogP contribution in [0.2, 0.25) is 0 Å². The Morgan fingerprint density at radius 2 is 2.21 bits per heavy atom. The van der Waals surface area contributed by atoms with Crippen LogP contribution in [0.3, 0.4) is 0 Å². The van der Waals surface area contributed by atoms with Crippen molar-refractivity contribution < 1.29 is 4.39 Å².